The molecule has 7 nitrogen and oxygen atoms in total. The van der Waals surface area contributed by atoms with Gasteiger partial charge in [-0.05, 0) is 37.6 Å². The molecule has 0 saturated heterocycles. The lowest BCUT2D eigenvalue weighted by molar-refractivity contribution is 0.335. The maximum absolute atomic E-state index is 13.8. The molecule has 0 bridgehead atoms. The van der Waals surface area contributed by atoms with Crippen LogP contribution in [-0.2, 0) is 14.1 Å². The molecule has 0 amide bonds. The van der Waals surface area contributed by atoms with Crippen molar-refractivity contribution in [3.05, 3.63) is 110 Å². The second-order valence-corrected chi connectivity index (χ2v) is 9.43. The first-order chi connectivity index (χ1) is 17.9. The van der Waals surface area contributed by atoms with Crippen molar-refractivity contribution in [2.24, 2.45) is 14.1 Å². The third-order valence-electron chi connectivity index (χ3n) is 7.18. The van der Waals surface area contributed by atoms with E-state index >= 15 is 0 Å². The average Bonchev–Trinajstić information content (AvgIpc) is 3.28. The summed E-state index contributed by atoms with van der Waals surface area (Å²) in [5.74, 6) is 0.758. The number of hydrogen-bond donors (Lipinski definition) is 1. The number of benzene rings is 3. The molecule has 3 aromatic carbocycles. The van der Waals surface area contributed by atoms with Crippen LogP contribution in [0.3, 0.4) is 0 Å². The third-order valence-corrected chi connectivity index (χ3v) is 7.18. The molecule has 37 heavy (non-hydrogen) atoms. The first-order valence-electron chi connectivity index (χ1n) is 12.4. The van der Waals surface area contributed by atoms with Crippen LogP contribution in [0.15, 0.2) is 82.4 Å². The van der Waals surface area contributed by atoms with Crippen molar-refractivity contribution in [3.63, 3.8) is 0 Å². The number of ether oxygens (including phenoxy) is 1. The summed E-state index contributed by atoms with van der Waals surface area (Å²) < 4.78 is 10.9. The van der Waals surface area contributed by atoms with Gasteiger partial charge in [0.1, 0.15) is 5.75 Å². The predicted octanol–water partition coefficient (Wildman–Crippen LogP) is 4.92. The zero-order chi connectivity index (χ0) is 25.8. The lowest BCUT2D eigenvalue weighted by Crippen LogP contribution is -2.37. The summed E-state index contributed by atoms with van der Waals surface area (Å²) in [6, 6.07) is 23.8. The molecule has 0 radical (unpaired) electrons. The summed E-state index contributed by atoms with van der Waals surface area (Å²) in [6.07, 6.45) is 0. The molecule has 0 saturated carbocycles. The zero-order valence-electron chi connectivity index (χ0n) is 21.3. The second kappa shape index (κ2) is 8.55. The number of aryl methyl sites for hydroxylation is 2. The van der Waals surface area contributed by atoms with Crippen LogP contribution in [0, 0.1) is 6.92 Å². The van der Waals surface area contributed by atoms with Gasteiger partial charge in [-0.2, -0.15) is 0 Å². The number of anilines is 1. The van der Waals surface area contributed by atoms with E-state index in [1.807, 2.05) is 86.6 Å². The smallest absolute Gasteiger partial charge is 0.331 e. The fourth-order valence-corrected chi connectivity index (χ4v) is 5.44. The summed E-state index contributed by atoms with van der Waals surface area (Å²) in [7, 11) is 3.27. The Kier molecular flexibility index (Phi) is 5.30. The molecular weight excluding hydrogens is 464 g/mol. The molecule has 5 aromatic rings. The molecule has 186 valence electrons. The summed E-state index contributed by atoms with van der Waals surface area (Å²) in [6.45, 7) is 4.52. The summed E-state index contributed by atoms with van der Waals surface area (Å²) in [5, 5.41) is 4.20. The summed E-state index contributed by atoms with van der Waals surface area (Å²) >= 11 is 0. The first kappa shape index (κ1) is 22.9. The van der Waals surface area contributed by atoms with E-state index in [2.05, 4.69) is 9.88 Å². The monoisotopic (exact) mass is 492 g/mol. The number of rotatable bonds is 4. The van der Waals surface area contributed by atoms with Crippen LogP contribution < -0.4 is 21.3 Å². The van der Waals surface area contributed by atoms with E-state index in [4.69, 9.17) is 4.74 Å². The average molecular weight is 493 g/mol. The Morgan fingerprint density at radius 1 is 0.892 bits per heavy atom. The van der Waals surface area contributed by atoms with E-state index in [9.17, 15) is 9.59 Å². The molecule has 0 fully saturated rings. The van der Waals surface area contributed by atoms with Gasteiger partial charge in [-0.25, -0.2) is 4.79 Å². The van der Waals surface area contributed by atoms with Gasteiger partial charge in [0.05, 0.1) is 46.3 Å². The number of para-hydroxylation sites is 3. The van der Waals surface area contributed by atoms with Crippen LogP contribution in [0.4, 0.5) is 5.69 Å². The maximum Gasteiger partial charge on any atom is 0.331 e. The van der Waals surface area contributed by atoms with Crippen molar-refractivity contribution in [2.75, 3.05) is 11.9 Å². The SMILES string of the molecule is CCOc1ccccc1[C@H]1Nc2ccccc2-n2c(-c3ccc(C)cc3)c3c(=O)n(C)c(=O)n(C)c3c21. The molecular formula is C30H28N4O3. The van der Waals surface area contributed by atoms with Crippen LogP contribution in [0.25, 0.3) is 27.8 Å². The molecule has 0 unspecified atom stereocenters. The highest BCUT2D eigenvalue weighted by Gasteiger charge is 2.35. The van der Waals surface area contributed by atoms with Crippen LogP contribution in [0.1, 0.15) is 29.8 Å². The van der Waals surface area contributed by atoms with Crippen LogP contribution in [0.2, 0.25) is 0 Å². The summed E-state index contributed by atoms with van der Waals surface area (Å²) in [5.41, 5.74) is 6.36. The minimum absolute atomic E-state index is 0.315. The van der Waals surface area contributed by atoms with Crippen molar-refractivity contribution in [3.8, 4) is 22.7 Å². The number of hydrogen-bond acceptors (Lipinski definition) is 4. The minimum Gasteiger partial charge on any atom is -0.494 e. The van der Waals surface area contributed by atoms with E-state index in [-0.39, 0.29) is 17.3 Å². The molecule has 3 heterocycles. The van der Waals surface area contributed by atoms with Gasteiger partial charge in [0, 0.05) is 19.7 Å². The van der Waals surface area contributed by atoms with Gasteiger partial charge in [0.2, 0.25) is 0 Å². The Morgan fingerprint density at radius 2 is 1.59 bits per heavy atom. The van der Waals surface area contributed by atoms with Crippen LogP contribution in [0.5, 0.6) is 5.75 Å². The standard InChI is InChI=1S/C30H28N4O3/c1-5-37-23-13-9-6-10-20(23)25-28-27-24(29(35)33(4)30(36)32(27)3)26(19-16-14-18(2)15-17-19)34(28)22-12-8-7-11-21(22)31-25/h6-17,25,31H,5H2,1-4H3/t25-/m1/s1. The highest BCUT2D eigenvalue weighted by Crippen LogP contribution is 2.46. The summed E-state index contributed by atoms with van der Waals surface area (Å²) in [4.78, 5) is 27.0. The number of aromatic nitrogens is 3. The Morgan fingerprint density at radius 3 is 2.35 bits per heavy atom. The Bertz CT molecular complexity index is 1790. The van der Waals surface area contributed by atoms with E-state index in [0.29, 0.717) is 17.5 Å². The molecule has 1 aliphatic heterocycles. The van der Waals surface area contributed by atoms with E-state index < -0.39 is 0 Å². The molecule has 1 atom stereocenters. The van der Waals surface area contributed by atoms with Crippen molar-refractivity contribution in [1.29, 1.82) is 0 Å². The molecule has 1 aliphatic rings. The van der Waals surface area contributed by atoms with Crippen molar-refractivity contribution in [1.82, 2.24) is 13.7 Å². The zero-order valence-corrected chi connectivity index (χ0v) is 21.3. The highest BCUT2D eigenvalue weighted by molar-refractivity contribution is 5.99. The normalized spacial score (nSPS) is 14.2. The minimum atomic E-state index is -0.364. The predicted molar refractivity (Wildman–Crippen MR) is 147 cm³/mol. The van der Waals surface area contributed by atoms with Gasteiger partial charge < -0.3 is 14.6 Å². The quantitative estimate of drug-likeness (QED) is 0.387. The van der Waals surface area contributed by atoms with E-state index in [1.165, 1.54) is 11.6 Å². The fraction of sp³-hybridized carbons (Fsp3) is 0.200. The van der Waals surface area contributed by atoms with Gasteiger partial charge in [-0.1, -0.05) is 60.2 Å². The van der Waals surface area contributed by atoms with Crippen LogP contribution in [-0.4, -0.2) is 20.3 Å². The highest BCUT2D eigenvalue weighted by atomic mass is 16.5. The Hall–Kier alpha value is -4.52. The van der Waals surface area contributed by atoms with Crippen molar-refractivity contribution < 1.29 is 4.74 Å². The van der Waals surface area contributed by atoms with Gasteiger partial charge in [0.15, 0.2) is 0 Å². The Balaban J connectivity index is 1.84. The van der Waals surface area contributed by atoms with Gasteiger partial charge in [-0.15, -0.1) is 0 Å². The number of nitrogens with zero attached hydrogens (tertiary/aromatic N) is 3. The lowest BCUT2D eigenvalue weighted by Gasteiger charge is -2.32. The largest absolute Gasteiger partial charge is 0.494 e. The van der Waals surface area contributed by atoms with Gasteiger partial charge in [0.25, 0.3) is 5.56 Å². The number of fused-ring (bicyclic) bond motifs is 5. The third kappa shape index (κ3) is 3.34. The number of nitrogens with one attached hydrogen (secondary N) is 1. The molecule has 0 aliphatic carbocycles. The Labute approximate surface area is 214 Å². The van der Waals surface area contributed by atoms with Crippen LogP contribution >= 0.6 is 0 Å². The van der Waals surface area contributed by atoms with E-state index in [1.54, 1.807) is 11.6 Å². The van der Waals surface area contributed by atoms with E-state index in [0.717, 1.165) is 45.2 Å². The van der Waals surface area contributed by atoms with Crippen molar-refractivity contribution >= 4 is 16.6 Å². The molecule has 0 spiro atoms. The maximum atomic E-state index is 13.8. The molecule has 6 rings (SSSR count). The second-order valence-electron chi connectivity index (χ2n) is 9.43. The topological polar surface area (TPSA) is 70.2 Å². The first-order valence-corrected chi connectivity index (χ1v) is 12.4. The fourth-order valence-electron chi connectivity index (χ4n) is 5.44. The van der Waals surface area contributed by atoms with Gasteiger partial charge >= 0.3 is 5.69 Å². The van der Waals surface area contributed by atoms with Gasteiger partial charge in [-0.3, -0.25) is 13.9 Å². The molecule has 1 N–H and O–H groups in total. The van der Waals surface area contributed by atoms with Crippen molar-refractivity contribution in [2.45, 2.75) is 19.9 Å². The lowest BCUT2D eigenvalue weighted by atomic mass is 9.98. The molecule has 7 heteroatoms. The molecule has 2 aromatic heterocycles.